The van der Waals surface area contributed by atoms with Crippen molar-refractivity contribution in [3.8, 4) is 0 Å². The van der Waals surface area contributed by atoms with E-state index in [4.69, 9.17) is 0 Å². The van der Waals surface area contributed by atoms with E-state index in [0.717, 1.165) is 17.9 Å². The van der Waals surface area contributed by atoms with Crippen LogP contribution in [0.15, 0.2) is 24.3 Å². The van der Waals surface area contributed by atoms with E-state index in [2.05, 4.69) is 36.5 Å². The molecule has 1 aromatic carbocycles. The SMILES string of the molecule is Cc1ccc(CC(CNC2CC2)C2CCCC2)cc1. The Morgan fingerprint density at radius 1 is 1.05 bits per heavy atom. The molecule has 0 heterocycles. The van der Waals surface area contributed by atoms with Crippen LogP contribution < -0.4 is 5.32 Å². The number of aryl methyl sites for hydroxylation is 1. The molecule has 2 aliphatic rings. The van der Waals surface area contributed by atoms with Crippen molar-refractivity contribution in [3.05, 3.63) is 35.4 Å². The minimum Gasteiger partial charge on any atom is -0.314 e. The van der Waals surface area contributed by atoms with Crippen LogP contribution in [0.25, 0.3) is 0 Å². The van der Waals surface area contributed by atoms with E-state index in [-0.39, 0.29) is 0 Å². The zero-order valence-electron chi connectivity index (χ0n) is 12.2. The van der Waals surface area contributed by atoms with E-state index in [1.165, 1.54) is 62.6 Å². The molecular weight excluding hydrogens is 230 g/mol. The molecule has 1 unspecified atom stereocenters. The largest absolute Gasteiger partial charge is 0.314 e. The fourth-order valence-electron chi connectivity index (χ4n) is 3.47. The number of benzene rings is 1. The minimum atomic E-state index is 0.849. The van der Waals surface area contributed by atoms with Gasteiger partial charge in [-0.25, -0.2) is 0 Å². The lowest BCUT2D eigenvalue weighted by Gasteiger charge is -2.24. The Hall–Kier alpha value is -0.820. The van der Waals surface area contributed by atoms with Crippen LogP contribution in [0.3, 0.4) is 0 Å². The maximum Gasteiger partial charge on any atom is 0.00683 e. The Morgan fingerprint density at radius 3 is 2.37 bits per heavy atom. The average molecular weight is 257 g/mol. The molecule has 19 heavy (non-hydrogen) atoms. The Morgan fingerprint density at radius 2 is 1.74 bits per heavy atom. The van der Waals surface area contributed by atoms with Gasteiger partial charge in [-0.1, -0.05) is 55.5 Å². The van der Waals surface area contributed by atoms with Crippen molar-refractivity contribution in [1.29, 1.82) is 0 Å². The van der Waals surface area contributed by atoms with Crippen LogP contribution >= 0.6 is 0 Å². The van der Waals surface area contributed by atoms with Crippen LogP contribution in [0.5, 0.6) is 0 Å². The molecule has 1 nitrogen and oxygen atoms in total. The van der Waals surface area contributed by atoms with Gasteiger partial charge >= 0.3 is 0 Å². The summed E-state index contributed by atoms with van der Waals surface area (Å²) in [4.78, 5) is 0. The van der Waals surface area contributed by atoms with Crippen LogP contribution in [0, 0.1) is 18.8 Å². The van der Waals surface area contributed by atoms with Crippen molar-refractivity contribution in [2.75, 3.05) is 6.54 Å². The highest BCUT2D eigenvalue weighted by atomic mass is 14.9. The van der Waals surface area contributed by atoms with Crippen molar-refractivity contribution in [2.45, 2.75) is 57.9 Å². The highest BCUT2D eigenvalue weighted by molar-refractivity contribution is 5.21. The van der Waals surface area contributed by atoms with Crippen LogP contribution in [-0.4, -0.2) is 12.6 Å². The third-order valence-electron chi connectivity index (χ3n) is 4.93. The molecule has 0 amide bonds. The van der Waals surface area contributed by atoms with Gasteiger partial charge in [0.1, 0.15) is 0 Å². The number of nitrogens with one attached hydrogen (secondary N) is 1. The molecule has 2 aliphatic carbocycles. The molecule has 0 aliphatic heterocycles. The predicted octanol–water partition coefficient (Wildman–Crippen LogP) is 4.10. The Bertz CT molecular complexity index is 385. The zero-order chi connectivity index (χ0) is 13.1. The predicted molar refractivity (Wildman–Crippen MR) is 81.4 cm³/mol. The van der Waals surface area contributed by atoms with Crippen LogP contribution in [0.4, 0.5) is 0 Å². The smallest absolute Gasteiger partial charge is 0.00683 e. The van der Waals surface area contributed by atoms with Crippen LogP contribution in [-0.2, 0) is 6.42 Å². The van der Waals surface area contributed by atoms with E-state index in [1.807, 2.05) is 0 Å². The Labute approximate surface area is 117 Å². The summed E-state index contributed by atoms with van der Waals surface area (Å²) in [7, 11) is 0. The average Bonchev–Trinajstić information content (AvgIpc) is 3.09. The summed E-state index contributed by atoms with van der Waals surface area (Å²) in [6.45, 7) is 3.41. The van der Waals surface area contributed by atoms with E-state index in [0.29, 0.717) is 0 Å². The lowest BCUT2D eigenvalue weighted by molar-refractivity contribution is 0.320. The van der Waals surface area contributed by atoms with Gasteiger partial charge in [0.05, 0.1) is 0 Å². The number of rotatable bonds is 6. The molecule has 2 saturated carbocycles. The molecule has 2 fully saturated rings. The topological polar surface area (TPSA) is 12.0 Å². The molecule has 0 radical (unpaired) electrons. The van der Waals surface area contributed by atoms with E-state index >= 15 is 0 Å². The first kappa shape index (κ1) is 13.2. The van der Waals surface area contributed by atoms with Crippen molar-refractivity contribution < 1.29 is 0 Å². The standard InChI is InChI=1S/C18H27N/c1-14-6-8-15(9-7-14)12-17(13-19-18-10-11-18)16-4-2-3-5-16/h6-9,16-19H,2-5,10-13H2,1H3. The molecule has 0 saturated heterocycles. The van der Waals surface area contributed by atoms with Gasteiger partial charge in [-0.15, -0.1) is 0 Å². The Balaban J connectivity index is 1.61. The molecular formula is C18H27N. The van der Waals surface area contributed by atoms with Gasteiger partial charge in [0.25, 0.3) is 0 Å². The summed E-state index contributed by atoms with van der Waals surface area (Å²) in [5.41, 5.74) is 2.90. The third-order valence-corrected chi connectivity index (χ3v) is 4.93. The summed E-state index contributed by atoms with van der Waals surface area (Å²) in [6.07, 6.45) is 9.91. The fraction of sp³-hybridized carbons (Fsp3) is 0.667. The van der Waals surface area contributed by atoms with Gasteiger partial charge in [-0.2, -0.15) is 0 Å². The first-order chi connectivity index (χ1) is 9.31. The normalized spacial score (nSPS) is 21.7. The molecule has 0 bridgehead atoms. The van der Waals surface area contributed by atoms with Crippen LogP contribution in [0.2, 0.25) is 0 Å². The lowest BCUT2D eigenvalue weighted by atomic mass is 9.85. The highest BCUT2D eigenvalue weighted by Gasteiger charge is 2.27. The summed E-state index contributed by atoms with van der Waals surface area (Å²) in [5.74, 6) is 1.82. The molecule has 104 valence electrons. The van der Waals surface area contributed by atoms with Crippen molar-refractivity contribution >= 4 is 0 Å². The summed E-state index contributed by atoms with van der Waals surface area (Å²) >= 11 is 0. The summed E-state index contributed by atoms with van der Waals surface area (Å²) in [6, 6.07) is 10.0. The Kier molecular flexibility index (Phi) is 4.22. The van der Waals surface area contributed by atoms with Gasteiger partial charge in [0.15, 0.2) is 0 Å². The molecule has 1 heteroatoms. The molecule has 1 aromatic rings. The monoisotopic (exact) mass is 257 g/mol. The molecule has 3 rings (SSSR count). The molecule has 1 N–H and O–H groups in total. The molecule has 1 atom stereocenters. The molecule has 0 spiro atoms. The maximum atomic E-state index is 3.77. The minimum absolute atomic E-state index is 0.849. The maximum absolute atomic E-state index is 3.77. The fourth-order valence-corrected chi connectivity index (χ4v) is 3.47. The second-order valence-corrected chi connectivity index (χ2v) is 6.68. The van der Waals surface area contributed by atoms with Gasteiger partial charge in [-0.05, 0) is 50.1 Å². The first-order valence-electron chi connectivity index (χ1n) is 8.10. The van der Waals surface area contributed by atoms with Crippen molar-refractivity contribution in [2.24, 2.45) is 11.8 Å². The quantitative estimate of drug-likeness (QED) is 0.809. The highest BCUT2D eigenvalue weighted by Crippen LogP contribution is 2.33. The van der Waals surface area contributed by atoms with E-state index in [9.17, 15) is 0 Å². The van der Waals surface area contributed by atoms with Gasteiger partial charge < -0.3 is 5.32 Å². The van der Waals surface area contributed by atoms with Crippen molar-refractivity contribution in [1.82, 2.24) is 5.32 Å². The number of hydrogen-bond donors (Lipinski definition) is 1. The van der Waals surface area contributed by atoms with E-state index < -0.39 is 0 Å². The summed E-state index contributed by atoms with van der Waals surface area (Å²) in [5, 5.41) is 3.77. The van der Waals surface area contributed by atoms with E-state index in [1.54, 1.807) is 0 Å². The molecule has 0 aromatic heterocycles. The summed E-state index contributed by atoms with van der Waals surface area (Å²) < 4.78 is 0. The third kappa shape index (κ3) is 3.82. The zero-order valence-corrected chi connectivity index (χ0v) is 12.2. The second kappa shape index (κ2) is 6.09. The van der Waals surface area contributed by atoms with Crippen molar-refractivity contribution in [3.63, 3.8) is 0 Å². The number of hydrogen-bond acceptors (Lipinski definition) is 1. The van der Waals surface area contributed by atoms with Gasteiger partial charge in [-0.3, -0.25) is 0 Å². The second-order valence-electron chi connectivity index (χ2n) is 6.68. The van der Waals surface area contributed by atoms with Gasteiger partial charge in [0.2, 0.25) is 0 Å². The van der Waals surface area contributed by atoms with Gasteiger partial charge in [0, 0.05) is 6.04 Å². The van der Waals surface area contributed by atoms with Crippen LogP contribution in [0.1, 0.15) is 49.7 Å². The first-order valence-corrected chi connectivity index (χ1v) is 8.10. The lowest BCUT2D eigenvalue weighted by Crippen LogP contribution is -2.30.